The van der Waals surface area contributed by atoms with E-state index in [-0.39, 0.29) is 12.3 Å². The minimum atomic E-state index is -3.71. The first-order valence-corrected chi connectivity index (χ1v) is 22.1. The van der Waals surface area contributed by atoms with Gasteiger partial charge in [-0.1, -0.05) is 141 Å². The monoisotopic (exact) mass is 649 g/mol. The molecule has 0 amide bonds. The Morgan fingerprint density at radius 1 is 0.349 bits per heavy atom. The molecule has 0 aliphatic heterocycles. The van der Waals surface area contributed by atoms with E-state index in [9.17, 15) is 19.6 Å². The van der Waals surface area contributed by atoms with Crippen molar-refractivity contribution in [1.29, 1.82) is 0 Å². The van der Waals surface area contributed by atoms with Crippen molar-refractivity contribution in [2.45, 2.75) is 194 Å². The fourth-order valence-corrected chi connectivity index (χ4v) is 9.02. The van der Waals surface area contributed by atoms with Crippen molar-refractivity contribution in [3.63, 3.8) is 0 Å². The van der Waals surface area contributed by atoms with Gasteiger partial charge in [-0.3, -0.25) is 0 Å². The molecule has 0 atom stereocenters. The van der Waals surface area contributed by atoms with Crippen LogP contribution in [0.2, 0.25) is 0 Å². The van der Waals surface area contributed by atoms with Crippen molar-refractivity contribution in [2.75, 3.05) is 12.3 Å². The first kappa shape index (κ1) is 43.1. The van der Waals surface area contributed by atoms with E-state index in [1.54, 1.807) is 0 Å². The second kappa shape index (κ2) is 32.1. The van der Waals surface area contributed by atoms with Gasteiger partial charge >= 0.3 is 15.9 Å². The molecule has 0 aromatic rings. The summed E-state index contributed by atoms with van der Waals surface area (Å²) in [5.74, 6) is 0. The van der Waals surface area contributed by atoms with Crippen LogP contribution in [0.1, 0.15) is 194 Å². The second-order valence-corrected chi connectivity index (χ2v) is 16.9. The number of hydrogen-bond acceptors (Lipinski definition) is 5. The predicted molar refractivity (Wildman–Crippen MR) is 192 cm³/mol. The largest absolute Gasteiger partial charge is 0.461 e. The van der Waals surface area contributed by atoms with E-state index < -0.39 is 15.9 Å². The van der Waals surface area contributed by atoms with Gasteiger partial charge in [0.15, 0.2) is 0 Å². The zero-order valence-electron chi connectivity index (χ0n) is 28.6. The summed E-state index contributed by atoms with van der Waals surface area (Å²) in [6, 6.07) is 0. The Bertz CT molecular complexity index is 573. The minimum Gasteiger partial charge on any atom is -0.189 e. The summed E-state index contributed by atoms with van der Waals surface area (Å²) in [4.78, 5) is 41.0. The van der Waals surface area contributed by atoms with E-state index in [0.717, 1.165) is 51.4 Å². The molecule has 0 spiro atoms. The molecule has 0 saturated carbocycles. The third-order valence-electron chi connectivity index (χ3n) is 8.18. The fraction of sp³-hybridized carbons (Fsp3) is 0.889. The standard InChI is InChI=1S/C36H74O5P2/c1-3-5-7-9-11-13-15-17-19-21-23-25-27-29-31-33-35-42(37,38)41-43(39,40)36-34-32-30-28-26-24-22-20-18-16-14-12-10-8-6-4-2/h17-20,37-40H,3-16,21-36H2,1-2H3/q+2/b19-17-,20-18-. The van der Waals surface area contributed by atoms with Gasteiger partial charge in [-0.2, -0.15) is 19.6 Å². The Hall–Kier alpha value is 0.140. The third kappa shape index (κ3) is 34.8. The van der Waals surface area contributed by atoms with Crippen molar-refractivity contribution >= 4 is 15.9 Å². The number of allylic oxidation sites excluding steroid dienone is 4. The maximum atomic E-state index is 10.2. The highest BCUT2D eigenvalue weighted by Crippen LogP contribution is 2.69. The van der Waals surface area contributed by atoms with Crippen LogP contribution in [0.4, 0.5) is 0 Å². The minimum absolute atomic E-state index is 0.116. The molecule has 7 heteroatoms. The van der Waals surface area contributed by atoms with Gasteiger partial charge in [0.2, 0.25) is 0 Å². The van der Waals surface area contributed by atoms with Crippen LogP contribution in [0.5, 0.6) is 0 Å². The molecule has 0 aliphatic carbocycles. The van der Waals surface area contributed by atoms with Crippen LogP contribution in [-0.2, 0) is 4.31 Å². The zero-order chi connectivity index (χ0) is 31.7. The molecule has 0 aromatic carbocycles. The molecule has 43 heavy (non-hydrogen) atoms. The number of hydrogen-bond donors (Lipinski definition) is 4. The maximum Gasteiger partial charge on any atom is 0.461 e. The van der Waals surface area contributed by atoms with Crippen molar-refractivity contribution in [3.8, 4) is 0 Å². The lowest BCUT2D eigenvalue weighted by Crippen LogP contribution is -2.07. The van der Waals surface area contributed by atoms with Gasteiger partial charge in [0, 0.05) is 4.31 Å². The van der Waals surface area contributed by atoms with E-state index in [1.807, 2.05) is 0 Å². The Balaban J connectivity index is 3.60. The van der Waals surface area contributed by atoms with Crippen LogP contribution < -0.4 is 0 Å². The molecule has 4 N–H and O–H groups in total. The van der Waals surface area contributed by atoms with Gasteiger partial charge in [0.25, 0.3) is 0 Å². The van der Waals surface area contributed by atoms with Crippen molar-refractivity contribution in [3.05, 3.63) is 24.3 Å². The van der Waals surface area contributed by atoms with Gasteiger partial charge in [-0.15, -0.1) is 0 Å². The van der Waals surface area contributed by atoms with Gasteiger partial charge in [-0.05, 0) is 77.0 Å². The molecule has 0 aromatic heterocycles. The van der Waals surface area contributed by atoms with Crippen LogP contribution in [0, 0.1) is 0 Å². The quantitative estimate of drug-likeness (QED) is 0.0317. The summed E-state index contributed by atoms with van der Waals surface area (Å²) < 4.78 is 5.10. The molecule has 0 rings (SSSR count). The Kier molecular flexibility index (Phi) is 32.2. The molecular formula is C36H74O5P2+2. The van der Waals surface area contributed by atoms with Crippen LogP contribution in [0.3, 0.4) is 0 Å². The highest BCUT2D eigenvalue weighted by atomic mass is 31.3. The van der Waals surface area contributed by atoms with Crippen molar-refractivity contribution < 1.29 is 23.9 Å². The summed E-state index contributed by atoms with van der Waals surface area (Å²) >= 11 is 0. The summed E-state index contributed by atoms with van der Waals surface area (Å²) in [5.41, 5.74) is 0. The smallest absolute Gasteiger partial charge is 0.189 e. The van der Waals surface area contributed by atoms with Gasteiger partial charge in [0.1, 0.15) is 12.3 Å². The average molecular weight is 649 g/mol. The Labute approximate surface area is 269 Å². The zero-order valence-corrected chi connectivity index (χ0v) is 30.4. The van der Waals surface area contributed by atoms with Gasteiger partial charge in [-0.25, -0.2) is 0 Å². The second-order valence-electron chi connectivity index (χ2n) is 12.7. The summed E-state index contributed by atoms with van der Waals surface area (Å²) in [6.07, 6.45) is 43.0. The van der Waals surface area contributed by atoms with E-state index in [1.165, 1.54) is 116 Å². The van der Waals surface area contributed by atoms with Crippen LogP contribution >= 0.6 is 15.9 Å². The van der Waals surface area contributed by atoms with E-state index in [0.29, 0.717) is 12.8 Å². The molecule has 256 valence electrons. The van der Waals surface area contributed by atoms with E-state index in [2.05, 4.69) is 38.2 Å². The lowest BCUT2D eigenvalue weighted by atomic mass is 10.1. The SMILES string of the molecule is CCCCCCCC/C=C\CCCCCCCC[P+](O)(O)O[P+](O)(O)CCCCCCCC/C=C\CCCCCCCC. The number of rotatable bonds is 34. The highest BCUT2D eigenvalue weighted by Gasteiger charge is 2.53. The van der Waals surface area contributed by atoms with E-state index >= 15 is 0 Å². The topological polar surface area (TPSA) is 90.2 Å². The predicted octanol–water partition coefficient (Wildman–Crippen LogP) is 12.6. The molecule has 0 radical (unpaired) electrons. The van der Waals surface area contributed by atoms with Crippen molar-refractivity contribution in [2.24, 2.45) is 0 Å². The number of unbranched alkanes of at least 4 members (excludes halogenated alkanes) is 24. The maximum absolute atomic E-state index is 10.2. The fourth-order valence-electron chi connectivity index (χ4n) is 5.42. The molecule has 0 fully saturated rings. The normalized spacial score (nSPS) is 12.8. The van der Waals surface area contributed by atoms with Crippen molar-refractivity contribution in [1.82, 2.24) is 0 Å². The van der Waals surface area contributed by atoms with Crippen LogP contribution in [0.15, 0.2) is 24.3 Å². The molecule has 0 bridgehead atoms. The highest BCUT2D eigenvalue weighted by molar-refractivity contribution is 7.72. The summed E-state index contributed by atoms with van der Waals surface area (Å²) in [6.45, 7) is 4.52. The third-order valence-corrected chi connectivity index (χ3v) is 12.1. The van der Waals surface area contributed by atoms with Crippen LogP contribution in [0.25, 0.3) is 0 Å². The molecule has 0 aliphatic rings. The molecule has 0 heterocycles. The first-order chi connectivity index (χ1) is 20.8. The Morgan fingerprint density at radius 2 is 0.581 bits per heavy atom. The lowest BCUT2D eigenvalue weighted by Gasteiger charge is -2.13. The van der Waals surface area contributed by atoms with Gasteiger partial charge < -0.3 is 0 Å². The lowest BCUT2D eigenvalue weighted by molar-refractivity contribution is 0.278. The van der Waals surface area contributed by atoms with E-state index in [4.69, 9.17) is 4.31 Å². The van der Waals surface area contributed by atoms with Crippen LogP contribution in [-0.4, -0.2) is 31.9 Å². The molecular weight excluding hydrogens is 574 g/mol. The van der Waals surface area contributed by atoms with Gasteiger partial charge in [0.05, 0.1) is 0 Å². The average Bonchev–Trinajstić information content (AvgIpc) is 2.96. The summed E-state index contributed by atoms with van der Waals surface area (Å²) in [7, 11) is -7.42. The molecule has 0 unspecified atom stereocenters. The first-order valence-electron chi connectivity index (χ1n) is 18.5. The Morgan fingerprint density at radius 3 is 0.860 bits per heavy atom. The molecule has 0 saturated heterocycles. The molecule has 5 nitrogen and oxygen atoms in total. The summed E-state index contributed by atoms with van der Waals surface area (Å²) in [5, 5.41) is 0.